The molecule has 4 rings (SSSR count). The van der Waals surface area contributed by atoms with Gasteiger partial charge in [0.1, 0.15) is 5.82 Å². The van der Waals surface area contributed by atoms with E-state index in [0.29, 0.717) is 0 Å². The second kappa shape index (κ2) is 8.10. The maximum atomic E-state index is 4.71. The Morgan fingerprint density at radius 1 is 0.741 bits per heavy atom. The first kappa shape index (κ1) is 18.0. The van der Waals surface area contributed by atoms with E-state index < -0.39 is 0 Å². The molecule has 0 saturated carbocycles. The molecule has 27 heavy (non-hydrogen) atoms. The molecule has 0 radical (unpaired) electrons. The molecule has 2 aliphatic rings. The Hall–Kier alpha value is -2.38. The topological polar surface area (TPSA) is 50.8 Å². The molecule has 0 aliphatic carbocycles. The first-order chi connectivity index (χ1) is 13.2. The highest BCUT2D eigenvalue weighted by atomic mass is 15.3. The molecular weight excluding hydrogens is 338 g/mol. The zero-order chi connectivity index (χ0) is 18.6. The van der Waals surface area contributed by atoms with Crippen molar-refractivity contribution < 1.29 is 0 Å². The number of nitrogens with one attached hydrogen (secondary N) is 1. The minimum Gasteiger partial charge on any atom is -0.369 e. The van der Waals surface area contributed by atoms with E-state index in [1.807, 2.05) is 12.3 Å². The molecule has 0 unspecified atom stereocenters. The summed E-state index contributed by atoms with van der Waals surface area (Å²) in [6, 6.07) is 10.6. The predicted octanol–water partition coefficient (Wildman–Crippen LogP) is 1.72. The van der Waals surface area contributed by atoms with Crippen LogP contribution in [0.2, 0.25) is 0 Å². The van der Waals surface area contributed by atoms with E-state index in [1.165, 1.54) is 5.69 Å². The fourth-order valence-corrected chi connectivity index (χ4v) is 3.54. The fraction of sp³-hybridized carbons (Fsp3) is 0.500. The first-order valence-electron chi connectivity index (χ1n) is 9.74. The monoisotopic (exact) mass is 367 g/mol. The Balaban J connectivity index is 1.39. The van der Waals surface area contributed by atoms with E-state index in [9.17, 15) is 0 Å². The Kier molecular flexibility index (Phi) is 5.40. The SMILES string of the molecule is CN1CCN(c2ccc(Nc3ccnc(N4CCN(C)CC4)n3)cc2)CC1. The van der Waals surface area contributed by atoms with Gasteiger partial charge in [-0.05, 0) is 44.4 Å². The summed E-state index contributed by atoms with van der Waals surface area (Å²) in [5.74, 6) is 1.65. The van der Waals surface area contributed by atoms with Crippen molar-refractivity contribution in [3.8, 4) is 0 Å². The number of rotatable bonds is 4. The molecule has 7 nitrogen and oxygen atoms in total. The van der Waals surface area contributed by atoms with Crippen molar-refractivity contribution in [1.82, 2.24) is 19.8 Å². The number of benzene rings is 1. The third-order valence-electron chi connectivity index (χ3n) is 5.44. The number of anilines is 4. The van der Waals surface area contributed by atoms with E-state index in [1.54, 1.807) is 0 Å². The second-order valence-corrected chi connectivity index (χ2v) is 7.49. The van der Waals surface area contributed by atoms with Gasteiger partial charge in [0, 0.05) is 69.9 Å². The van der Waals surface area contributed by atoms with E-state index in [2.05, 4.69) is 68.3 Å². The molecule has 2 aromatic rings. The Labute approximate surface area is 161 Å². The van der Waals surface area contributed by atoms with Crippen molar-refractivity contribution in [2.45, 2.75) is 0 Å². The van der Waals surface area contributed by atoms with Gasteiger partial charge in [0.25, 0.3) is 0 Å². The van der Waals surface area contributed by atoms with Gasteiger partial charge in [-0.2, -0.15) is 4.98 Å². The van der Waals surface area contributed by atoms with Gasteiger partial charge >= 0.3 is 0 Å². The van der Waals surface area contributed by atoms with E-state index in [4.69, 9.17) is 4.98 Å². The van der Waals surface area contributed by atoms with Gasteiger partial charge in [0.15, 0.2) is 0 Å². The standard InChI is InChI=1S/C20H29N7/c1-24-9-13-26(14-10-24)18-5-3-17(4-6-18)22-19-7-8-21-20(23-19)27-15-11-25(2)12-16-27/h3-8H,9-16H2,1-2H3,(H,21,22,23). The molecule has 0 atom stereocenters. The molecule has 1 aromatic carbocycles. The van der Waals surface area contributed by atoms with Crippen LogP contribution in [0.4, 0.5) is 23.1 Å². The molecular formula is C20H29N7. The van der Waals surface area contributed by atoms with Crippen LogP contribution in [0.15, 0.2) is 36.5 Å². The van der Waals surface area contributed by atoms with Crippen LogP contribution in [-0.2, 0) is 0 Å². The number of likely N-dealkylation sites (N-methyl/N-ethyl adjacent to an activating group) is 2. The zero-order valence-corrected chi connectivity index (χ0v) is 16.3. The molecule has 2 saturated heterocycles. The van der Waals surface area contributed by atoms with Gasteiger partial charge in [0.05, 0.1) is 0 Å². The van der Waals surface area contributed by atoms with Crippen LogP contribution in [0.5, 0.6) is 0 Å². The maximum absolute atomic E-state index is 4.71. The van der Waals surface area contributed by atoms with E-state index in [-0.39, 0.29) is 0 Å². The number of hydrogen-bond acceptors (Lipinski definition) is 7. The Morgan fingerprint density at radius 2 is 1.33 bits per heavy atom. The van der Waals surface area contributed by atoms with Gasteiger partial charge in [-0.1, -0.05) is 0 Å². The highest BCUT2D eigenvalue weighted by Gasteiger charge is 2.17. The van der Waals surface area contributed by atoms with Gasteiger partial charge in [-0.25, -0.2) is 4.98 Å². The lowest BCUT2D eigenvalue weighted by Crippen LogP contribution is -2.45. The van der Waals surface area contributed by atoms with Crippen molar-refractivity contribution in [2.75, 3.05) is 81.6 Å². The summed E-state index contributed by atoms with van der Waals surface area (Å²) in [6.45, 7) is 8.46. The van der Waals surface area contributed by atoms with Crippen LogP contribution < -0.4 is 15.1 Å². The van der Waals surface area contributed by atoms with Gasteiger partial charge < -0.3 is 24.9 Å². The van der Waals surface area contributed by atoms with Crippen LogP contribution >= 0.6 is 0 Å². The van der Waals surface area contributed by atoms with E-state index in [0.717, 1.165) is 69.8 Å². The molecule has 7 heteroatoms. The van der Waals surface area contributed by atoms with Crippen molar-refractivity contribution in [3.05, 3.63) is 36.5 Å². The molecule has 0 amide bonds. The van der Waals surface area contributed by atoms with Crippen molar-refractivity contribution in [3.63, 3.8) is 0 Å². The van der Waals surface area contributed by atoms with Gasteiger partial charge in [-0.15, -0.1) is 0 Å². The predicted molar refractivity (Wildman–Crippen MR) is 111 cm³/mol. The molecule has 1 N–H and O–H groups in total. The molecule has 144 valence electrons. The molecule has 0 bridgehead atoms. The van der Waals surface area contributed by atoms with Gasteiger partial charge in [0.2, 0.25) is 5.95 Å². The summed E-state index contributed by atoms with van der Waals surface area (Å²) in [4.78, 5) is 18.6. The lowest BCUT2D eigenvalue weighted by Gasteiger charge is -2.34. The number of nitrogens with zero attached hydrogens (tertiary/aromatic N) is 6. The minimum atomic E-state index is 0.808. The normalized spacial score (nSPS) is 19.3. The third kappa shape index (κ3) is 4.48. The lowest BCUT2D eigenvalue weighted by molar-refractivity contribution is 0.311. The summed E-state index contributed by atoms with van der Waals surface area (Å²) in [7, 11) is 4.34. The fourth-order valence-electron chi connectivity index (χ4n) is 3.54. The quantitative estimate of drug-likeness (QED) is 0.883. The summed E-state index contributed by atoms with van der Waals surface area (Å²) in [5, 5.41) is 3.41. The number of aromatic nitrogens is 2. The van der Waals surface area contributed by atoms with E-state index >= 15 is 0 Å². The average Bonchev–Trinajstić information content (AvgIpc) is 2.70. The van der Waals surface area contributed by atoms with Crippen molar-refractivity contribution in [1.29, 1.82) is 0 Å². The summed E-state index contributed by atoms with van der Waals surface area (Å²) in [5.41, 5.74) is 2.34. The van der Waals surface area contributed by atoms with Crippen LogP contribution in [-0.4, -0.2) is 86.2 Å². The lowest BCUT2D eigenvalue weighted by atomic mass is 10.2. The molecule has 0 spiro atoms. The zero-order valence-electron chi connectivity index (χ0n) is 16.3. The maximum Gasteiger partial charge on any atom is 0.227 e. The number of hydrogen-bond donors (Lipinski definition) is 1. The largest absolute Gasteiger partial charge is 0.369 e. The Morgan fingerprint density at radius 3 is 1.96 bits per heavy atom. The highest BCUT2D eigenvalue weighted by Crippen LogP contribution is 2.22. The average molecular weight is 368 g/mol. The van der Waals surface area contributed by atoms with Crippen LogP contribution in [0.25, 0.3) is 0 Å². The second-order valence-electron chi connectivity index (χ2n) is 7.49. The summed E-state index contributed by atoms with van der Waals surface area (Å²) >= 11 is 0. The van der Waals surface area contributed by atoms with Crippen molar-refractivity contribution >= 4 is 23.1 Å². The van der Waals surface area contributed by atoms with Crippen LogP contribution in [0.1, 0.15) is 0 Å². The number of piperazine rings is 2. The molecule has 3 heterocycles. The van der Waals surface area contributed by atoms with Crippen LogP contribution in [0, 0.1) is 0 Å². The highest BCUT2D eigenvalue weighted by molar-refractivity contribution is 5.61. The molecule has 2 aliphatic heterocycles. The minimum absolute atomic E-state index is 0.808. The molecule has 2 fully saturated rings. The van der Waals surface area contributed by atoms with Gasteiger partial charge in [-0.3, -0.25) is 0 Å². The summed E-state index contributed by atoms with van der Waals surface area (Å²) < 4.78 is 0. The molecule has 1 aromatic heterocycles. The Bertz CT molecular complexity index is 732. The van der Waals surface area contributed by atoms with Crippen molar-refractivity contribution in [2.24, 2.45) is 0 Å². The van der Waals surface area contributed by atoms with Crippen LogP contribution in [0.3, 0.4) is 0 Å². The third-order valence-corrected chi connectivity index (χ3v) is 5.44. The smallest absolute Gasteiger partial charge is 0.227 e. The summed E-state index contributed by atoms with van der Waals surface area (Å²) in [6.07, 6.45) is 1.83. The first-order valence-corrected chi connectivity index (χ1v) is 9.74.